The van der Waals surface area contributed by atoms with Crippen LogP contribution in [-0.2, 0) is 9.59 Å². The maximum absolute atomic E-state index is 12.6. The predicted octanol–water partition coefficient (Wildman–Crippen LogP) is 3.21. The molecule has 25 heavy (non-hydrogen) atoms. The van der Waals surface area contributed by atoms with Gasteiger partial charge in [0.2, 0.25) is 11.8 Å². The van der Waals surface area contributed by atoms with Gasteiger partial charge in [-0.05, 0) is 68.1 Å². The molecular weight excluding hydrogens is 326 g/mol. The van der Waals surface area contributed by atoms with Gasteiger partial charge in [-0.3, -0.25) is 9.59 Å². The zero-order valence-electron chi connectivity index (χ0n) is 15.1. The van der Waals surface area contributed by atoms with Crippen molar-refractivity contribution in [3.05, 3.63) is 0 Å². The molecule has 0 spiro atoms. The second-order valence-corrected chi connectivity index (χ2v) is 8.60. The molecule has 1 N–H and O–H groups in total. The minimum atomic E-state index is -2.54. The zero-order valence-corrected chi connectivity index (χ0v) is 15.1. The molecule has 142 valence electrons. The molecule has 0 aromatic carbocycles. The maximum Gasteiger partial charge on any atom is 0.255 e. The highest BCUT2D eigenvalue weighted by Gasteiger charge is 2.51. The molecule has 4 nitrogen and oxygen atoms in total. The average molecular weight is 356 g/mol. The van der Waals surface area contributed by atoms with Crippen LogP contribution >= 0.6 is 0 Å². The topological polar surface area (TPSA) is 49.4 Å². The fraction of sp³-hybridized carbons (Fsp3) is 0.895. The summed E-state index contributed by atoms with van der Waals surface area (Å²) >= 11 is 0. The Labute approximate surface area is 148 Å². The molecule has 4 saturated carbocycles. The Morgan fingerprint density at radius 1 is 1.12 bits per heavy atom. The summed E-state index contributed by atoms with van der Waals surface area (Å²) in [7, 11) is 0. The van der Waals surface area contributed by atoms with Crippen molar-refractivity contribution in [3.63, 3.8) is 0 Å². The highest BCUT2D eigenvalue weighted by atomic mass is 19.3. The number of halogens is 2. The van der Waals surface area contributed by atoms with E-state index in [9.17, 15) is 18.4 Å². The summed E-state index contributed by atoms with van der Waals surface area (Å²) < 4.78 is 25.2. The van der Waals surface area contributed by atoms with Gasteiger partial charge < -0.3 is 10.2 Å². The van der Waals surface area contributed by atoms with Crippen molar-refractivity contribution < 1.29 is 18.4 Å². The Hall–Kier alpha value is -1.20. The first kappa shape index (κ1) is 18.6. The number of hydrogen-bond acceptors (Lipinski definition) is 2. The maximum atomic E-state index is 12.6. The molecule has 0 aromatic rings. The molecular formula is C19H30F2N2O2. The van der Waals surface area contributed by atoms with Gasteiger partial charge in [0.1, 0.15) is 0 Å². The third-order valence-corrected chi connectivity index (χ3v) is 6.34. The van der Waals surface area contributed by atoms with Crippen molar-refractivity contribution in [2.45, 2.75) is 64.7 Å². The van der Waals surface area contributed by atoms with Crippen LogP contribution in [0, 0.1) is 23.2 Å². The van der Waals surface area contributed by atoms with Crippen LogP contribution in [0.25, 0.3) is 0 Å². The number of nitrogens with one attached hydrogen (secondary N) is 1. The van der Waals surface area contributed by atoms with Crippen LogP contribution < -0.4 is 5.32 Å². The van der Waals surface area contributed by atoms with Gasteiger partial charge in [-0.2, -0.15) is 0 Å². The lowest BCUT2D eigenvalue weighted by molar-refractivity contribution is -0.136. The van der Waals surface area contributed by atoms with Crippen molar-refractivity contribution in [3.8, 4) is 0 Å². The number of nitrogens with zero attached hydrogens (tertiary/aromatic N) is 1. The molecule has 0 radical (unpaired) electrons. The summed E-state index contributed by atoms with van der Waals surface area (Å²) in [6.45, 7) is 1.42. The highest BCUT2D eigenvalue weighted by molar-refractivity contribution is 5.85. The molecule has 0 aliphatic heterocycles. The van der Waals surface area contributed by atoms with Crippen LogP contribution in [0.15, 0.2) is 0 Å². The Morgan fingerprint density at radius 2 is 1.68 bits per heavy atom. The zero-order chi connectivity index (χ0) is 18.0. The largest absolute Gasteiger partial charge is 0.347 e. The Balaban J connectivity index is 1.48. The molecule has 6 heteroatoms. The quantitative estimate of drug-likeness (QED) is 0.726. The van der Waals surface area contributed by atoms with Gasteiger partial charge in [0, 0.05) is 13.0 Å². The summed E-state index contributed by atoms with van der Waals surface area (Å²) in [5.41, 5.74) is 0.133. The average Bonchev–Trinajstić information content (AvgIpc) is 2.50. The summed E-state index contributed by atoms with van der Waals surface area (Å²) in [4.78, 5) is 25.7. The lowest BCUT2D eigenvalue weighted by Gasteiger charge is -2.56. The highest BCUT2D eigenvalue weighted by Crippen LogP contribution is 2.61. The Bertz CT molecular complexity index is 474. The van der Waals surface area contributed by atoms with E-state index in [0.29, 0.717) is 19.4 Å². The number of alkyl halides is 2. The fourth-order valence-electron chi connectivity index (χ4n) is 5.95. The van der Waals surface area contributed by atoms with Gasteiger partial charge in [-0.1, -0.05) is 6.92 Å². The number of carbonyl (C=O) groups is 2. The summed E-state index contributed by atoms with van der Waals surface area (Å²) in [6, 6.07) is 0. The first-order chi connectivity index (χ1) is 11.9. The van der Waals surface area contributed by atoms with E-state index in [-0.39, 0.29) is 17.9 Å². The van der Waals surface area contributed by atoms with E-state index in [1.54, 1.807) is 0 Å². The molecule has 0 saturated heterocycles. The van der Waals surface area contributed by atoms with E-state index in [1.807, 2.05) is 6.92 Å². The lowest BCUT2D eigenvalue weighted by atomic mass is 9.49. The van der Waals surface area contributed by atoms with E-state index in [4.69, 9.17) is 0 Å². The second kappa shape index (κ2) is 7.58. The van der Waals surface area contributed by atoms with Crippen LogP contribution in [0.1, 0.15) is 58.3 Å². The van der Waals surface area contributed by atoms with Crippen molar-refractivity contribution in [1.29, 1.82) is 0 Å². The minimum Gasteiger partial charge on any atom is -0.347 e. The molecule has 4 aliphatic carbocycles. The van der Waals surface area contributed by atoms with Crippen molar-refractivity contribution in [1.82, 2.24) is 10.2 Å². The fourth-order valence-corrected chi connectivity index (χ4v) is 5.95. The second-order valence-electron chi connectivity index (χ2n) is 8.60. The first-order valence-corrected chi connectivity index (χ1v) is 9.72. The van der Waals surface area contributed by atoms with Gasteiger partial charge in [-0.25, -0.2) is 8.78 Å². The first-order valence-electron chi connectivity index (χ1n) is 9.72. The van der Waals surface area contributed by atoms with Crippen LogP contribution in [0.2, 0.25) is 0 Å². The van der Waals surface area contributed by atoms with E-state index < -0.39 is 18.9 Å². The smallest absolute Gasteiger partial charge is 0.255 e. The standard InChI is InChI=1S/C19H30F2N2O2/c1-2-3-23(12-16(20)21)18(25)11-22-17(24)10-19-7-13-4-14(8-19)6-15(5-13)9-19/h13-16H,2-12H2,1H3,(H,22,24). The van der Waals surface area contributed by atoms with Crippen LogP contribution in [-0.4, -0.2) is 42.8 Å². The number of hydrogen-bond donors (Lipinski definition) is 1. The van der Waals surface area contributed by atoms with Gasteiger partial charge in [0.05, 0.1) is 13.1 Å². The number of carbonyl (C=O) groups excluding carboxylic acids is 2. The van der Waals surface area contributed by atoms with E-state index in [0.717, 1.165) is 41.9 Å². The van der Waals surface area contributed by atoms with Crippen LogP contribution in [0.4, 0.5) is 8.78 Å². The summed E-state index contributed by atoms with van der Waals surface area (Å²) in [5, 5.41) is 2.69. The molecule has 0 aromatic heterocycles. The molecule has 4 rings (SSSR count). The van der Waals surface area contributed by atoms with Gasteiger partial charge >= 0.3 is 0 Å². The van der Waals surface area contributed by atoms with Gasteiger partial charge in [-0.15, -0.1) is 0 Å². The van der Waals surface area contributed by atoms with Crippen molar-refractivity contribution >= 4 is 11.8 Å². The number of rotatable bonds is 8. The Morgan fingerprint density at radius 3 is 2.16 bits per heavy atom. The van der Waals surface area contributed by atoms with Gasteiger partial charge in [0.25, 0.3) is 6.43 Å². The van der Waals surface area contributed by atoms with E-state index in [1.165, 1.54) is 19.3 Å². The van der Waals surface area contributed by atoms with E-state index >= 15 is 0 Å². The van der Waals surface area contributed by atoms with Crippen molar-refractivity contribution in [2.75, 3.05) is 19.6 Å². The van der Waals surface area contributed by atoms with E-state index in [2.05, 4.69) is 5.32 Å². The van der Waals surface area contributed by atoms with Gasteiger partial charge in [0.15, 0.2) is 0 Å². The third kappa shape index (κ3) is 4.50. The monoisotopic (exact) mass is 356 g/mol. The van der Waals surface area contributed by atoms with Crippen LogP contribution in [0.5, 0.6) is 0 Å². The number of amides is 2. The molecule has 4 fully saturated rings. The third-order valence-electron chi connectivity index (χ3n) is 6.34. The van der Waals surface area contributed by atoms with Crippen LogP contribution in [0.3, 0.4) is 0 Å². The molecule has 4 bridgehead atoms. The molecule has 4 aliphatic rings. The molecule has 2 amide bonds. The molecule has 0 unspecified atom stereocenters. The van der Waals surface area contributed by atoms with Crippen molar-refractivity contribution in [2.24, 2.45) is 23.2 Å². The molecule has 0 heterocycles. The SMILES string of the molecule is CCCN(CC(F)F)C(=O)CNC(=O)CC12CC3CC(CC(C3)C1)C2. The predicted molar refractivity (Wildman–Crippen MR) is 91.1 cm³/mol. The summed E-state index contributed by atoms with van der Waals surface area (Å²) in [6.07, 6.45) is 6.01. The minimum absolute atomic E-state index is 0.0937. The normalized spacial score (nSPS) is 32.9. The molecule has 0 atom stereocenters. The summed E-state index contributed by atoms with van der Waals surface area (Å²) in [5.74, 6) is 1.84. The lowest BCUT2D eigenvalue weighted by Crippen LogP contribution is -2.49. The Kier molecular flexibility index (Phi) is 5.64.